The Morgan fingerprint density at radius 1 is 1.37 bits per heavy atom. The molecule has 4 heteroatoms. The number of ether oxygens (including phenoxy) is 1. The molecule has 0 fully saturated rings. The smallest absolute Gasteiger partial charge is 0.310 e. The molecule has 106 valence electrons. The number of hydrogen-bond donors (Lipinski definition) is 1. The predicted molar refractivity (Wildman–Crippen MR) is 78.2 cm³/mol. The number of halogens is 1. The predicted octanol–water partition coefficient (Wildman–Crippen LogP) is 3.41. The fraction of sp³-hybridized carbons (Fsp3) is 0.533. The van der Waals surface area contributed by atoms with Crippen LogP contribution in [0, 0.1) is 5.92 Å². The highest BCUT2D eigenvalue weighted by Gasteiger charge is 2.21. The van der Waals surface area contributed by atoms with Crippen molar-refractivity contribution in [2.75, 3.05) is 6.54 Å². The average molecular weight is 284 g/mol. The summed E-state index contributed by atoms with van der Waals surface area (Å²) in [6.07, 6.45) is 0. The molecule has 0 aliphatic carbocycles. The molecule has 19 heavy (non-hydrogen) atoms. The number of esters is 1. The summed E-state index contributed by atoms with van der Waals surface area (Å²) in [6.45, 7) is 8.68. The molecule has 1 aromatic rings. The van der Waals surface area contributed by atoms with Gasteiger partial charge in [-0.1, -0.05) is 36.7 Å². The fourth-order valence-corrected chi connectivity index (χ4v) is 1.75. The van der Waals surface area contributed by atoms with Crippen molar-refractivity contribution in [1.82, 2.24) is 5.32 Å². The molecule has 1 atom stereocenters. The van der Waals surface area contributed by atoms with Crippen LogP contribution in [0.15, 0.2) is 24.3 Å². The van der Waals surface area contributed by atoms with E-state index in [-0.39, 0.29) is 11.9 Å². The van der Waals surface area contributed by atoms with Gasteiger partial charge in [0.2, 0.25) is 0 Å². The summed E-state index contributed by atoms with van der Waals surface area (Å²) in [5.41, 5.74) is 0.592. The lowest BCUT2D eigenvalue weighted by Gasteiger charge is -2.22. The van der Waals surface area contributed by atoms with Gasteiger partial charge in [-0.3, -0.25) is 4.79 Å². The fourth-order valence-electron chi connectivity index (χ4n) is 1.55. The van der Waals surface area contributed by atoms with Gasteiger partial charge < -0.3 is 10.1 Å². The average Bonchev–Trinajstić information content (AvgIpc) is 2.29. The maximum absolute atomic E-state index is 11.8. The van der Waals surface area contributed by atoms with E-state index in [4.69, 9.17) is 16.3 Å². The minimum atomic E-state index is -0.436. The second-order valence-corrected chi connectivity index (χ2v) is 6.06. The highest BCUT2D eigenvalue weighted by molar-refractivity contribution is 6.31. The second kappa shape index (κ2) is 6.92. The maximum atomic E-state index is 11.8. The van der Waals surface area contributed by atoms with Crippen molar-refractivity contribution in [3.05, 3.63) is 34.9 Å². The van der Waals surface area contributed by atoms with Crippen molar-refractivity contribution < 1.29 is 9.53 Å². The van der Waals surface area contributed by atoms with Crippen molar-refractivity contribution in [3.63, 3.8) is 0 Å². The van der Waals surface area contributed by atoms with Crippen molar-refractivity contribution in [2.45, 2.75) is 39.8 Å². The minimum absolute atomic E-state index is 0.179. The van der Waals surface area contributed by atoms with Gasteiger partial charge in [-0.15, -0.1) is 0 Å². The van der Waals surface area contributed by atoms with Gasteiger partial charge in [0, 0.05) is 18.1 Å². The van der Waals surface area contributed by atoms with Crippen molar-refractivity contribution >= 4 is 17.6 Å². The molecule has 0 radical (unpaired) electrons. The van der Waals surface area contributed by atoms with Crippen LogP contribution in [0.1, 0.15) is 33.3 Å². The third-order valence-electron chi connectivity index (χ3n) is 2.53. The van der Waals surface area contributed by atoms with E-state index >= 15 is 0 Å². The topological polar surface area (TPSA) is 38.3 Å². The zero-order valence-corrected chi connectivity index (χ0v) is 12.8. The van der Waals surface area contributed by atoms with E-state index in [1.165, 1.54) is 0 Å². The van der Waals surface area contributed by atoms with Crippen LogP contribution in [0.3, 0.4) is 0 Å². The van der Waals surface area contributed by atoms with Gasteiger partial charge in [0.05, 0.1) is 5.92 Å². The molecular weight excluding hydrogens is 262 g/mol. The molecule has 1 aromatic carbocycles. The summed E-state index contributed by atoms with van der Waals surface area (Å²) < 4.78 is 5.32. The largest absolute Gasteiger partial charge is 0.460 e. The minimum Gasteiger partial charge on any atom is -0.460 e. The Hall–Kier alpha value is -1.06. The second-order valence-electron chi connectivity index (χ2n) is 5.66. The summed E-state index contributed by atoms with van der Waals surface area (Å²) in [7, 11) is 0. The Bertz CT molecular complexity index is 426. The molecular formula is C15H22ClNO2. The number of rotatable bonds is 5. The van der Waals surface area contributed by atoms with Crippen LogP contribution in [0.2, 0.25) is 5.02 Å². The Balaban J connectivity index is 2.37. The van der Waals surface area contributed by atoms with E-state index in [0.717, 1.165) is 10.6 Å². The number of carbonyl (C=O) groups is 1. The molecule has 1 rings (SSSR count). The SMILES string of the molecule is C[C@H](CNCc1ccccc1Cl)C(=O)OC(C)(C)C. The monoisotopic (exact) mass is 283 g/mol. The maximum Gasteiger partial charge on any atom is 0.310 e. The molecule has 0 amide bonds. The van der Waals surface area contributed by atoms with Gasteiger partial charge in [0.15, 0.2) is 0 Å². The van der Waals surface area contributed by atoms with E-state index in [2.05, 4.69) is 5.32 Å². The lowest BCUT2D eigenvalue weighted by Crippen LogP contribution is -2.32. The van der Waals surface area contributed by atoms with Crippen LogP contribution in [0.25, 0.3) is 0 Å². The molecule has 0 saturated heterocycles. The van der Waals surface area contributed by atoms with E-state index < -0.39 is 5.60 Å². The number of nitrogens with one attached hydrogen (secondary N) is 1. The summed E-state index contributed by atoms with van der Waals surface area (Å²) in [5.74, 6) is -0.360. The van der Waals surface area contributed by atoms with Crippen molar-refractivity contribution in [1.29, 1.82) is 0 Å². The Morgan fingerprint density at radius 3 is 2.58 bits per heavy atom. The van der Waals surface area contributed by atoms with Crippen LogP contribution < -0.4 is 5.32 Å². The van der Waals surface area contributed by atoms with Gasteiger partial charge >= 0.3 is 5.97 Å². The first-order chi connectivity index (χ1) is 8.79. The van der Waals surface area contributed by atoms with Crippen molar-refractivity contribution in [3.8, 4) is 0 Å². The molecule has 0 aliphatic rings. The lowest BCUT2D eigenvalue weighted by atomic mass is 10.1. The van der Waals surface area contributed by atoms with Gasteiger partial charge in [-0.2, -0.15) is 0 Å². The molecule has 0 saturated carbocycles. The first-order valence-electron chi connectivity index (χ1n) is 6.46. The molecule has 0 spiro atoms. The molecule has 1 N–H and O–H groups in total. The van der Waals surface area contributed by atoms with Gasteiger partial charge in [-0.25, -0.2) is 0 Å². The van der Waals surface area contributed by atoms with Crippen LogP contribution >= 0.6 is 11.6 Å². The quantitative estimate of drug-likeness (QED) is 0.842. The van der Waals surface area contributed by atoms with E-state index in [0.29, 0.717) is 13.1 Å². The van der Waals surface area contributed by atoms with Crippen LogP contribution in [0.4, 0.5) is 0 Å². The van der Waals surface area contributed by atoms with Crippen molar-refractivity contribution in [2.24, 2.45) is 5.92 Å². The van der Waals surface area contributed by atoms with Crippen LogP contribution in [-0.2, 0) is 16.1 Å². The normalized spacial score (nSPS) is 13.1. The Labute approximate surface area is 120 Å². The first-order valence-corrected chi connectivity index (χ1v) is 6.84. The van der Waals surface area contributed by atoms with Crippen LogP contribution in [-0.4, -0.2) is 18.1 Å². The van der Waals surface area contributed by atoms with E-state index in [1.807, 2.05) is 52.0 Å². The molecule has 0 aliphatic heterocycles. The van der Waals surface area contributed by atoms with Gasteiger partial charge in [0.25, 0.3) is 0 Å². The standard InChI is InChI=1S/C15H22ClNO2/c1-11(14(18)19-15(2,3)4)9-17-10-12-7-5-6-8-13(12)16/h5-8,11,17H,9-10H2,1-4H3/t11-/m1/s1. The molecule has 0 heterocycles. The molecule has 0 aromatic heterocycles. The van der Waals surface area contributed by atoms with E-state index in [9.17, 15) is 4.79 Å². The molecule has 0 unspecified atom stereocenters. The Morgan fingerprint density at radius 2 is 2.00 bits per heavy atom. The Kier molecular flexibility index (Phi) is 5.83. The van der Waals surface area contributed by atoms with E-state index in [1.54, 1.807) is 0 Å². The number of carbonyl (C=O) groups excluding carboxylic acids is 1. The summed E-state index contributed by atoms with van der Waals surface area (Å²) in [5, 5.41) is 3.96. The third-order valence-corrected chi connectivity index (χ3v) is 2.90. The highest BCUT2D eigenvalue weighted by Crippen LogP contribution is 2.15. The number of hydrogen-bond acceptors (Lipinski definition) is 3. The molecule has 0 bridgehead atoms. The zero-order chi connectivity index (χ0) is 14.5. The van der Waals surface area contributed by atoms with Crippen LogP contribution in [0.5, 0.6) is 0 Å². The number of benzene rings is 1. The summed E-state index contributed by atoms with van der Waals surface area (Å²) in [4.78, 5) is 11.8. The van der Waals surface area contributed by atoms with Gasteiger partial charge in [-0.05, 0) is 32.4 Å². The summed E-state index contributed by atoms with van der Waals surface area (Å²) in [6, 6.07) is 7.67. The first kappa shape index (κ1) is 16.0. The summed E-state index contributed by atoms with van der Waals surface area (Å²) >= 11 is 6.06. The lowest BCUT2D eigenvalue weighted by molar-refractivity contribution is -0.159. The van der Waals surface area contributed by atoms with Gasteiger partial charge in [0.1, 0.15) is 5.60 Å². The molecule has 3 nitrogen and oxygen atoms in total. The highest BCUT2D eigenvalue weighted by atomic mass is 35.5. The zero-order valence-electron chi connectivity index (χ0n) is 12.0. The third kappa shape index (κ3) is 6.08.